The molecule has 7 nitrogen and oxygen atoms in total. The average molecular weight is 402 g/mol. The number of unbranched alkanes of at least 4 members (excludes halogenated alkanes) is 1. The maximum atomic E-state index is 12.5. The Morgan fingerprint density at radius 1 is 1.29 bits per heavy atom. The van der Waals surface area contributed by atoms with Gasteiger partial charge in [0.15, 0.2) is 5.76 Å². The first-order valence-electron chi connectivity index (χ1n) is 9.74. The van der Waals surface area contributed by atoms with Crippen molar-refractivity contribution in [2.75, 3.05) is 5.32 Å². The maximum Gasteiger partial charge on any atom is 0.293 e. The Morgan fingerprint density at radius 3 is 2.79 bits per heavy atom. The number of carbonyl (C=O) groups is 1. The maximum absolute atomic E-state index is 12.5. The molecule has 0 fully saturated rings. The first-order valence-corrected chi connectivity index (χ1v) is 10.6. The second kappa shape index (κ2) is 9.14. The van der Waals surface area contributed by atoms with Gasteiger partial charge in [-0.15, -0.1) is 10.2 Å². The van der Waals surface area contributed by atoms with Crippen molar-refractivity contribution in [1.29, 1.82) is 0 Å². The number of nitrogens with one attached hydrogen (secondary N) is 1. The first-order chi connectivity index (χ1) is 13.5. The normalized spacial score (nSPS) is 12.3. The zero-order chi connectivity index (χ0) is 20.1. The number of carbonyl (C=O) groups excluding carboxylic acids is 1. The molecule has 1 amide bonds. The van der Waals surface area contributed by atoms with E-state index in [2.05, 4.69) is 34.5 Å². The lowest BCUT2D eigenvalue weighted by Gasteiger charge is -2.09. The largest absolute Gasteiger partial charge is 0.454 e. The van der Waals surface area contributed by atoms with Gasteiger partial charge in [0.05, 0.1) is 12.2 Å². The lowest BCUT2D eigenvalue weighted by molar-refractivity contribution is 0.0994. The molecule has 0 aliphatic carbocycles. The highest BCUT2D eigenvalue weighted by atomic mass is 32.1. The second-order valence-corrected chi connectivity index (χ2v) is 8.01. The van der Waals surface area contributed by atoms with E-state index in [1.807, 2.05) is 24.6 Å². The lowest BCUT2D eigenvalue weighted by Crippen LogP contribution is -2.10. The molecule has 3 aromatic rings. The van der Waals surface area contributed by atoms with E-state index in [0.29, 0.717) is 23.4 Å². The molecule has 0 saturated heterocycles. The molecular weight excluding hydrogens is 374 g/mol. The van der Waals surface area contributed by atoms with E-state index in [0.717, 1.165) is 35.7 Å². The van der Waals surface area contributed by atoms with Crippen LogP contribution in [0.15, 0.2) is 22.6 Å². The highest BCUT2D eigenvalue weighted by Gasteiger charge is 2.18. The predicted octanol–water partition coefficient (Wildman–Crippen LogP) is 4.93. The molecule has 150 valence electrons. The summed E-state index contributed by atoms with van der Waals surface area (Å²) in [6, 6.07) is 5.48. The highest BCUT2D eigenvalue weighted by Crippen LogP contribution is 2.30. The van der Waals surface area contributed by atoms with Gasteiger partial charge in [0.1, 0.15) is 10.8 Å². The summed E-state index contributed by atoms with van der Waals surface area (Å²) in [6.45, 7) is 8.78. The molecule has 0 radical (unpaired) electrons. The second-order valence-electron chi connectivity index (χ2n) is 7.00. The van der Waals surface area contributed by atoms with Crippen LogP contribution in [-0.2, 0) is 6.54 Å². The number of furan rings is 1. The number of aromatic nitrogens is 4. The van der Waals surface area contributed by atoms with Crippen molar-refractivity contribution in [3.05, 3.63) is 46.1 Å². The van der Waals surface area contributed by atoms with Gasteiger partial charge in [-0.1, -0.05) is 38.0 Å². The Bertz CT molecular complexity index is 927. The number of nitrogens with zero attached hydrogens (tertiary/aromatic N) is 4. The van der Waals surface area contributed by atoms with Crippen LogP contribution < -0.4 is 5.32 Å². The van der Waals surface area contributed by atoms with E-state index >= 15 is 0 Å². The smallest absolute Gasteiger partial charge is 0.293 e. The molecule has 0 aromatic carbocycles. The van der Waals surface area contributed by atoms with Gasteiger partial charge < -0.3 is 4.42 Å². The Hall–Kier alpha value is -2.48. The number of hydrogen-bond acceptors (Lipinski definition) is 6. The molecule has 3 heterocycles. The van der Waals surface area contributed by atoms with Crippen LogP contribution in [-0.4, -0.2) is 25.9 Å². The molecule has 0 spiro atoms. The monoisotopic (exact) mass is 401 g/mol. The minimum absolute atomic E-state index is 0.256. The molecule has 1 N–H and O–H groups in total. The summed E-state index contributed by atoms with van der Waals surface area (Å²) in [4.78, 5) is 12.5. The molecule has 0 bridgehead atoms. The van der Waals surface area contributed by atoms with E-state index in [1.165, 1.54) is 17.8 Å². The minimum atomic E-state index is -0.316. The van der Waals surface area contributed by atoms with Crippen LogP contribution in [0.1, 0.15) is 78.2 Å². The zero-order valence-electron chi connectivity index (χ0n) is 16.9. The topological polar surface area (TPSA) is 85.8 Å². The SMILES string of the molecule is CCCC[C@H](CC)c1nnc(NC(=O)c2ccc(Cn3nc(C)cc3C)o2)s1. The van der Waals surface area contributed by atoms with Gasteiger partial charge in [-0.3, -0.25) is 14.8 Å². The fraction of sp³-hybridized carbons (Fsp3) is 0.500. The van der Waals surface area contributed by atoms with E-state index in [-0.39, 0.29) is 11.7 Å². The van der Waals surface area contributed by atoms with Crippen LogP contribution >= 0.6 is 11.3 Å². The Morgan fingerprint density at radius 2 is 2.11 bits per heavy atom. The standard InChI is InChI=1S/C20H27N5O2S/c1-5-7-8-15(6-2)19-22-23-20(28-19)21-18(26)17-10-9-16(27-17)12-25-14(4)11-13(3)24-25/h9-11,15H,5-8,12H2,1-4H3,(H,21,23,26)/t15-/m0/s1. The Labute approximate surface area is 169 Å². The number of hydrogen-bond donors (Lipinski definition) is 1. The van der Waals surface area contributed by atoms with Gasteiger partial charge in [-0.2, -0.15) is 5.10 Å². The molecule has 0 aliphatic heterocycles. The third-order valence-corrected chi connectivity index (χ3v) is 5.70. The molecule has 3 aromatic heterocycles. The zero-order valence-corrected chi connectivity index (χ0v) is 17.7. The van der Waals surface area contributed by atoms with Gasteiger partial charge in [0, 0.05) is 11.6 Å². The van der Waals surface area contributed by atoms with Crippen molar-refractivity contribution in [3.63, 3.8) is 0 Å². The fourth-order valence-corrected chi connectivity index (χ4v) is 4.09. The van der Waals surface area contributed by atoms with Crippen molar-refractivity contribution in [1.82, 2.24) is 20.0 Å². The number of aryl methyl sites for hydroxylation is 2. The lowest BCUT2D eigenvalue weighted by atomic mass is 10.0. The van der Waals surface area contributed by atoms with E-state index < -0.39 is 0 Å². The van der Waals surface area contributed by atoms with Crippen molar-refractivity contribution in [2.45, 2.75) is 65.8 Å². The van der Waals surface area contributed by atoms with E-state index in [1.54, 1.807) is 12.1 Å². The number of rotatable bonds is 9. The molecule has 8 heteroatoms. The van der Waals surface area contributed by atoms with Crippen molar-refractivity contribution in [3.8, 4) is 0 Å². The highest BCUT2D eigenvalue weighted by molar-refractivity contribution is 7.15. The molecular formula is C20H27N5O2S. The average Bonchev–Trinajstić information content (AvgIpc) is 3.38. The summed E-state index contributed by atoms with van der Waals surface area (Å²) in [5.41, 5.74) is 2.01. The van der Waals surface area contributed by atoms with Gasteiger partial charge in [-0.05, 0) is 44.9 Å². The third kappa shape index (κ3) is 4.86. The van der Waals surface area contributed by atoms with Crippen molar-refractivity contribution < 1.29 is 9.21 Å². The Kier molecular flexibility index (Phi) is 6.61. The van der Waals surface area contributed by atoms with Crippen LogP contribution in [0.4, 0.5) is 5.13 Å². The quantitative estimate of drug-likeness (QED) is 0.549. The summed E-state index contributed by atoms with van der Waals surface area (Å²) < 4.78 is 7.55. The van der Waals surface area contributed by atoms with Crippen molar-refractivity contribution in [2.24, 2.45) is 0 Å². The first kappa shape index (κ1) is 20.3. The van der Waals surface area contributed by atoms with Crippen LogP contribution in [0.2, 0.25) is 0 Å². The minimum Gasteiger partial charge on any atom is -0.454 e. The van der Waals surface area contributed by atoms with Gasteiger partial charge >= 0.3 is 0 Å². The van der Waals surface area contributed by atoms with Crippen LogP contribution in [0, 0.1) is 13.8 Å². The van der Waals surface area contributed by atoms with Crippen LogP contribution in [0.5, 0.6) is 0 Å². The molecule has 3 rings (SSSR count). The molecule has 0 aliphatic rings. The van der Waals surface area contributed by atoms with Crippen molar-refractivity contribution >= 4 is 22.4 Å². The number of anilines is 1. The van der Waals surface area contributed by atoms with Gasteiger partial charge in [-0.25, -0.2) is 0 Å². The number of amides is 1. The summed E-state index contributed by atoms with van der Waals surface area (Å²) in [7, 11) is 0. The predicted molar refractivity (Wildman–Crippen MR) is 110 cm³/mol. The van der Waals surface area contributed by atoms with E-state index in [9.17, 15) is 4.79 Å². The fourth-order valence-electron chi connectivity index (χ4n) is 3.13. The Balaban J connectivity index is 1.62. The molecule has 1 atom stereocenters. The molecule has 28 heavy (non-hydrogen) atoms. The summed E-state index contributed by atoms with van der Waals surface area (Å²) >= 11 is 1.44. The third-order valence-electron chi connectivity index (χ3n) is 4.70. The van der Waals surface area contributed by atoms with Gasteiger partial charge in [0.25, 0.3) is 5.91 Å². The molecule has 0 unspecified atom stereocenters. The summed E-state index contributed by atoms with van der Waals surface area (Å²) in [5, 5.41) is 17.1. The molecule has 0 saturated carbocycles. The van der Waals surface area contributed by atoms with Gasteiger partial charge in [0.2, 0.25) is 5.13 Å². The van der Waals surface area contributed by atoms with Crippen LogP contribution in [0.3, 0.4) is 0 Å². The van der Waals surface area contributed by atoms with E-state index in [4.69, 9.17) is 4.42 Å². The summed E-state index contributed by atoms with van der Waals surface area (Å²) in [6.07, 6.45) is 4.46. The summed E-state index contributed by atoms with van der Waals surface area (Å²) in [5.74, 6) is 1.02. The van der Waals surface area contributed by atoms with Crippen LogP contribution in [0.25, 0.3) is 0 Å².